The normalized spacial score (nSPS) is 13.1. The molecule has 0 saturated carbocycles. The molecule has 58 heavy (non-hydrogen) atoms. The van der Waals surface area contributed by atoms with Gasteiger partial charge in [-0.1, -0.05) is 152 Å². The van der Waals surface area contributed by atoms with Gasteiger partial charge in [0.15, 0.2) is 0 Å². The van der Waals surface area contributed by atoms with Gasteiger partial charge in [-0.2, -0.15) is 0 Å². The minimum absolute atomic E-state index is 0.676. The van der Waals surface area contributed by atoms with Crippen molar-refractivity contribution in [3.05, 3.63) is 200 Å². The van der Waals surface area contributed by atoms with Gasteiger partial charge in [-0.05, 0) is 93.9 Å². The molecule has 8 aromatic carbocycles. The Kier molecular flexibility index (Phi) is 7.32. The molecule has 0 saturated heterocycles. The quantitative estimate of drug-likeness (QED) is 0.176. The molecule has 3 aromatic heterocycles. The molecule has 0 unspecified atom stereocenters. The van der Waals surface area contributed by atoms with Crippen molar-refractivity contribution >= 4 is 70.9 Å². The lowest BCUT2D eigenvalue weighted by molar-refractivity contribution is 0.996. The van der Waals surface area contributed by atoms with Crippen molar-refractivity contribution in [3.8, 4) is 33.9 Å². The van der Waals surface area contributed by atoms with Gasteiger partial charge in [0.05, 0.1) is 33.3 Å². The topological polar surface area (TPSA) is 35.6 Å². The molecule has 0 N–H and O–H groups in total. The van der Waals surface area contributed by atoms with Crippen molar-refractivity contribution in [1.29, 1.82) is 0 Å². The van der Waals surface area contributed by atoms with E-state index < -0.39 is 0 Å². The molecule has 4 heteroatoms. The predicted molar refractivity (Wildman–Crippen MR) is 243 cm³/mol. The van der Waals surface area contributed by atoms with E-state index in [1.807, 2.05) is 0 Å². The fourth-order valence-electron chi connectivity index (χ4n) is 9.31. The second-order valence-electron chi connectivity index (χ2n) is 15.2. The first-order valence-corrected chi connectivity index (χ1v) is 20.1. The van der Waals surface area contributed by atoms with Gasteiger partial charge in [-0.15, -0.1) is 0 Å². The summed E-state index contributed by atoms with van der Waals surface area (Å²) in [6.45, 7) is 0. The number of nitrogens with zero attached hydrogens (tertiary/aromatic N) is 4. The van der Waals surface area contributed by atoms with Crippen LogP contribution in [0, 0.1) is 0 Å². The molecular weight excluding hydrogens is 705 g/mol. The minimum Gasteiger partial charge on any atom is -0.309 e. The smallest absolute Gasteiger partial charge is 0.235 e. The van der Waals surface area contributed by atoms with E-state index in [1.165, 1.54) is 60.0 Å². The van der Waals surface area contributed by atoms with Crippen LogP contribution in [0.1, 0.15) is 18.5 Å². The van der Waals surface area contributed by atoms with Gasteiger partial charge in [0.1, 0.15) is 0 Å². The molecule has 11 aromatic rings. The van der Waals surface area contributed by atoms with E-state index in [0.29, 0.717) is 5.95 Å². The summed E-state index contributed by atoms with van der Waals surface area (Å²) in [4.78, 5) is 10.7. The second-order valence-corrected chi connectivity index (χ2v) is 15.2. The first kappa shape index (κ1) is 32.7. The Hall–Kier alpha value is -7.56. The van der Waals surface area contributed by atoms with Gasteiger partial charge in [0.25, 0.3) is 0 Å². The molecule has 1 aliphatic rings. The summed E-state index contributed by atoms with van der Waals surface area (Å²) in [7, 11) is 0. The number of fused-ring (bicyclic) bond motifs is 9. The summed E-state index contributed by atoms with van der Waals surface area (Å²) in [6, 6.07) is 63.6. The molecule has 0 bridgehead atoms. The average Bonchev–Trinajstić information content (AvgIpc) is 3.81. The van der Waals surface area contributed by atoms with E-state index in [-0.39, 0.29) is 0 Å². The van der Waals surface area contributed by atoms with Gasteiger partial charge in [-0.3, -0.25) is 4.57 Å². The lowest BCUT2D eigenvalue weighted by atomic mass is 9.94. The van der Waals surface area contributed by atoms with Gasteiger partial charge in [0, 0.05) is 32.6 Å². The summed E-state index contributed by atoms with van der Waals surface area (Å²) in [5.74, 6) is 0.676. The first-order chi connectivity index (χ1) is 28.8. The molecule has 4 nitrogen and oxygen atoms in total. The Labute approximate surface area is 335 Å². The molecule has 0 radical (unpaired) electrons. The van der Waals surface area contributed by atoms with Gasteiger partial charge in [-0.25, -0.2) is 9.97 Å². The van der Waals surface area contributed by atoms with Crippen LogP contribution in [-0.2, 0) is 0 Å². The molecule has 0 aliphatic heterocycles. The zero-order valence-electron chi connectivity index (χ0n) is 31.7. The number of hydrogen-bond donors (Lipinski definition) is 0. The molecule has 1 aliphatic carbocycles. The van der Waals surface area contributed by atoms with Crippen LogP contribution < -0.4 is 0 Å². The van der Waals surface area contributed by atoms with Crippen LogP contribution in [0.5, 0.6) is 0 Å². The third kappa shape index (κ3) is 5.01. The maximum Gasteiger partial charge on any atom is 0.235 e. The molecule has 3 heterocycles. The molecule has 12 rings (SSSR count). The summed E-state index contributed by atoms with van der Waals surface area (Å²) >= 11 is 0. The van der Waals surface area contributed by atoms with Crippen LogP contribution >= 0.6 is 0 Å². The number of hydrogen-bond acceptors (Lipinski definition) is 2. The molecule has 0 spiro atoms. The lowest BCUT2D eigenvalue weighted by Crippen LogP contribution is -2.05. The number of allylic oxidation sites excluding steroid dienone is 4. The van der Waals surface area contributed by atoms with Crippen molar-refractivity contribution in [1.82, 2.24) is 19.1 Å². The van der Waals surface area contributed by atoms with E-state index in [4.69, 9.17) is 9.97 Å². The van der Waals surface area contributed by atoms with Crippen LogP contribution in [0.4, 0.5) is 0 Å². The number of para-hydroxylation sites is 3. The second kappa shape index (κ2) is 13.0. The van der Waals surface area contributed by atoms with Crippen LogP contribution in [0.25, 0.3) is 105 Å². The Morgan fingerprint density at radius 3 is 1.84 bits per heavy atom. The van der Waals surface area contributed by atoms with E-state index in [0.717, 1.165) is 57.3 Å². The van der Waals surface area contributed by atoms with E-state index >= 15 is 0 Å². The largest absolute Gasteiger partial charge is 0.309 e. The highest BCUT2D eigenvalue weighted by Crippen LogP contribution is 2.43. The van der Waals surface area contributed by atoms with Crippen molar-refractivity contribution in [2.45, 2.75) is 12.8 Å². The summed E-state index contributed by atoms with van der Waals surface area (Å²) < 4.78 is 4.70. The monoisotopic (exact) mass is 740 g/mol. The van der Waals surface area contributed by atoms with Gasteiger partial charge < -0.3 is 4.57 Å². The molecular formula is C54H36N4. The van der Waals surface area contributed by atoms with E-state index in [1.54, 1.807) is 0 Å². The van der Waals surface area contributed by atoms with Crippen molar-refractivity contribution in [2.24, 2.45) is 0 Å². The van der Waals surface area contributed by atoms with E-state index in [9.17, 15) is 0 Å². The number of benzene rings is 8. The summed E-state index contributed by atoms with van der Waals surface area (Å²) in [5.41, 5.74) is 13.5. The third-order valence-electron chi connectivity index (χ3n) is 12.0. The molecule has 0 atom stereocenters. The van der Waals surface area contributed by atoms with Gasteiger partial charge in [0.2, 0.25) is 5.95 Å². The summed E-state index contributed by atoms with van der Waals surface area (Å²) in [6.07, 6.45) is 8.83. The van der Waals surface area contributed by atoms with Crippen LogP contribution in [0.3, 0.4) is 0 Å². The third-order valence-corrected chi connectivity index (χ3v) is 12.0. The maximum absolute atomic E-state index is 5.41. The van der Waals surface area contributed by atoms with Gasteiger partial charge >= 0.3 is 0 Å². The number of aromatic nitrogens is 4. The van der Waals surface area contributed by atoms with Crippen molar-refractivity contribution < 1.29 is 0 Å². The average molecular weight is 741 g/mol. The van der Waals surface area contributed by atoms with Crippen LogP contribution in [-0.4, -0.2) is 19.1 Å². The minimum atomic E-state index is 0.676. The molecule has 0 amide bonds. The highest BCUT2D eigenvalue weighted by Gasteiger charge is 2.22. The zero-order valence-corrected chi connectivity index (χ0v) is 31.7. The Balaban J connectivity index is 1.12. The standard InChI is InChI=1S/C54H36N4/c1-3-15-35(16-4-1)36-27-30-39(31-28-36)57-48-25-13-10-20-41(48)42-32-29-38(33-50(42)57)46-34-51-52(43-21-8-7-19-40(43)46)45-23-11-14-26-49(45)58(51)54-55-47-24-12-9-22-44(47)53(56-54)37-17-5-2-6-18-37/h1,3-5,7-34H,2,6H2. The van der Waals surface area contributed by atoms with Crippen molar-refractivity contribution in [2.75, 3.05) is 0 Å². The highest BCUT2D eigenvalue weighted by molar-refractivity contribution is 6.24. The first-order valence-electron chi connectivity index (χ1n) is 20.1. The Morgan fingerprint density at radius 2 is 1.05 bits per heavy atom. The predicted octanol–water partition coefficient (Wildman–Crippen LogP) is 14.0. The fraction of sp³-hybridized carbons (Fsp3) is 0.0370. The number of rotatable bonds is 5. The van der Waals surface area contributed by atoms with E-state index in [2.05, 4.69) is 203 Å². The SMILES string of the molecule is C1=CC(c2nc(-n3c4ccccc4c4c5ccccc5c(-c5ccc6c7ccccc7n(-c7ccc(-c8ccccc8)cc7)c6c5)cc43)nc3ccccc23)=CCC1. The Morgan fingerprint density at radius 1 is 0.414 bits per heavy atom. The maximum atomic E-state index is 5.41. The highest BCUT2D eigenvalue weighted by atomic mass is 15.2. The van der Waals surface area contributed by atoms with Crippen LogP contribution in [0.15, 0.2) is 194 Å². The van der Waals surface area contributed by atoms with Crippen molar-refractivity contribution in [3.63, 3.8) is 0 Å². The Bertz CT molecular complexity index is 3490. The molecule has 0 fully saturated rings. The van der Waals surface area contributed by atoms with Crippen LogP contribution in [0.2, 0.25) is 0 Å². The zero-order chi connectivity index (χ0) is 38.2. The summed E-state index contributed by atoms with van der Waals surface area (Å²) in [5, 5.41) is 8.35. The molecule has 272 valence electrons. The lowest BCUT2D eigenvalue weighted by Gasteiger charge is -2.15. The fourth-order valence-corrected chi connectivity index (χ4v) is 9.31.